The van der Waals surface area contributed by atoms with Gasteiger partial charge in [0.25, 0.3) is 0 Å². The van der Waals surface area contributed by atoms with Crippen LogP contribution in [0.4, 0.5) is 0 Å². The fourth-order valence-electron chi connectivity index (χ4n) is 2.15. The Hall–Kier alpha value is 0.200. The summed E-state index contributed by atoms with van der Waals surface area (Å²) in [6.07, 6.45) is 3.63. The van der Waals surface area contributed by atoms with Gasteiger partial charge in [0, 0.05) is 9.61 Å². The number of hydrogen-bond acceptors (Lipinski definition) is 1. The van der Waals surface area contributed by atoms with Crippen LogP contribution in [-0.2, 0) is 0 Å². The van der Waals surface area contributed by atoms with Gasteiger partial charge in [0.1, 0.15) is 0 Å². The van der Waals surface area contributed by atoms with Gasteiger partial charge in [-0.1, -0.05) is 24.1 Å². The molecule has 0 spiro atoms. The van der Waals surface area contributed by atoms with Crippen molar-refractivity contribution < 1.29 is 0 Å². The van der Waals surface area contributed by atoms with Gasteiger partial charge in [0.05, 0.1) is 5.02 Å². The molecule has 1 fully saturated rings. The molecule has 1 aromatic rings. The SMILES string of the molecule is NC1CCCC1c1ccc(Cl)c(I)c1. The van der Waals surface area contributed by atoms with E-state index in [1.54, 1.807) is 0 Å². The fourth-order valence-corrected chi connectivity index (χ4v) is 2.80. The fraction of sp³-hybridized carbons (Fsp3) is 0.455. The first-order valence-electron chi connectivity index (χ1n) is 4.89. The van der Waals surface area contributed by atoms with Crippen LogP contribution in [0.25, 0.3) is 0 Å². The van der Waals surface area contributed by atoms with Crippen LogP contribution in [0.3, 0.4) is 0 Å². The summed E-state index contributed by atoms with van der Waals surface area (Å²) >= 11 is 8.26. The highest BCUT2D eigenvalue weighted by molar-refractivity contribution is 14.1. The van der Waals surface area contributed by atoms with E-state index in [2.05, 4.69) is 34.7 Å². The lowest BCUT2D eigenvalue weighted by Gasteiger charge is -2.16. The van der Waals surface area contributed by atoms with Crippen molar-refractivity contribution in [3.63, 3.8) is 0 Å². The van der Waals surface area contributed by atoms with Gasteiger partial charge in [0.2, 0.25) is 0 Å². The Bertz CT molecular complexity index is 340. The molecule has 2 N–H and O–H groups in total. The second-order valence-corrected chi connectivity index (χ2v) is 5.44. The highest BCUT2D eigenvalue weighted by Gasteiger charge is 2.25. The van der Waals surface area contributed by atoms with E-state index in [0.29, 0.717) is 12.0 Å². The zero-order valence-electron chi connectivity index (χ0n) is 7.84. The van der Waals surface area contributed by atoms with Crippen molar-refractivity contribution >= 4 is 34.2 Å². The molecule has 1 aliphatic carbocycles. The Morgan fingerprint density at radius 1 is 1.36 bits per heavy atom. The molecule has 0 saturated heterocycles. The standard InChI is InChI=1S/C11H13ClIN/c12-9-5-4-7(6-10(9)13)8-2-1-3-11(8)14/h4-6,8,11H,1-3,14H2. The number of benzene rings is 1. The van der Waals surface area contributed by atoms with Crippen molar-refractivity contribution in [1.82, 2.24) is 0 Å². The molecule has 0 radical (unpaired) electrons. The van der Waals surface area contributed by atoms with Crippen LogP contribution >= 0.6 is 34.2 Å². The smallest absolute Gasteiger partial charge is 0.0539 e. The Kier molecular flexibility index (Phi) is 3.34. The third-order valence-electron chi connectivity index (χ3n) is 2.94. The minimum Gasteiger partial charge on any atom is -0.327 e. The maximum atomic E-state index is 6.06. The molecule has 0 amide bonds. The maximum absolute atomic E-state index is 6.06. The van der Waals surface area contributed by atoms with Crippen LogP contribution in [0, 0.1) is 3.57 Å². The van der Waals surface area contributed by atoms with E-state index < -0.39 is 0 Å². The second kappa shape index (κ2) is 4.37. The Morgan fingerprint density at radius 2 is 2.14 bits per heavy atom. The van der Waals surface area contributed by atoms with E-state index in [0.717, 1.165) is 15.0 Å². The minimum absolute atomic E-state index is 0.340. The predicted octanol–water partition coefficient (Wildman–Crippen LogP) is 3.54. The average Bonchev–Trinajstić information content (AvgIpc) is 2.57. The summed E-state index contributed by atoms with van der Waals surface area (Å²) < 4.78 is 1.13. The first-order chi connectivity index (χ1) is 6.68. The average molecular weight is 322 g/mol. The van der Waals surface area contributed by atoms with Gasteiger partial charge in [-0.3, -0.25) is 0 Å². The molecule has 2 atom stereocenters. The Balaban J connectivity index is 2.28. The topological polar surface area (TPSA) is 26.0 Å². The number of hydrogen-bond donors (Lipinski definition) is 1. The van der Waals surface area contributed by atoms with Crippen molar-refractivity contribution in [1.29, 1.82) is 0 Å². The number of nitrogens with two attached hydrogens (primary N) is 1. The van der Waals surface area contributed by atoms with Gasteiger partial charge in [-0.25, -0.2) is 0 Å². The minimum atomic E-state index is 0.340. The molecule has 3 heteroatoms. The molecule has 0 heterocycles. The number of halogens is 2. The monoisotopic (exact) mass is 321 g/mol. The summed E-state index contributed by atoms with van der Waals surface area (Å²) in [6, 6.07) is 6.59. The van der Waals surface area contributed by atoms with E-state index in [1.807, 2.05) is 6.07 Å². The zero-order chi connectivity index (χ0) is 10.1. The number of rotatable bonds is 1. The van der Waals surface area contributed by atoms with Crippen LogP contribution in [-0.4, -0.2) is 6.04 Å². The van der Waals surface area contributed by atoms with Crippen molar-refractivity contribution in [2.45, 2.75) is 31.2 Å². The molecule has 1 aliphatic rings. The molecule has 14 heavy (non-hydrogen) atoms. The molecule has 76 valence electrons. The quantitative estimate of drug-likeness (QED) is 0.787. The van der Waals surface area contributed by atoms with Gasteiger partial charge >= 0.3 is 0 Å². The highest BCUT2D eigenvalue weighted by atomic mass is 127. The molecular weight excluding hydrogens is 308 g/mol. The van der Waals surface area contributed by atoms with Gasteiger partial charge < -0.3 is 5.73 Å². The van der Waals surface area contributed by atoms with E-state index in [-0.39, 0.29) is 0 Å². The van der Waals surface area contributed by atoms with Gasteiger partial charge in [-0.15, -0.1) is 0 Å². The molecule has 1 aromatic carbocycles. The van der Waals surface area contributed by atoms with Crippen molar-refractivity contribution in [3.8, 4) is 0 Å². The molecule has 0 aliphatic heterocycles. The molecule has 1 saturated carbocycles. The lowest BCUT2D eigenvalue weighted by Crippen LogP contribution is -2.22. The summed E-state index contributed by atoms with van der Waals surface area (Å²) in [7, 11) is 0. The maximum Gasteiger partial charge on any atom is 0.0539 e. The Morgan fingerprint density at radius 3 is 2.71 bits per heavy atom. The van der Waals surface area contributed by atoms with E-state index in [9.17, 15) is 0 Å². The van der Waals surface area contributed by atoms with Crippen molar-refractivity contribution in [3.05, 3.63) is 32.4 Å². The van der Waals surface area contributed by atoms with E-state index in [1.165, 1.54) is 18.4 Å². The third kappa shape index (κ3) is 2.07. The predicted molar refractivity (Wildman–Crippen MR) is 68.7 cm³/mol. The highest BCUT2D eigenvalue weighted by Crippen LogP contribution is 2.34. The normalized spacial score (nSPS) is 26.8. The van der Waals surface area contributed by atoms with Gasteiger partial charge in [-0.05, 0) is 59.0 Å². The van der Waals surface area contributed by atoms with Crippen molar-refractivity contribution in [2.24, 2.45) is 5.73 Å². The third-order valence-corrected chi connectivity index (χ3v) is 4.48. The van der Waals surface area contributed by atoms with E-state index in [4.69, 9.17) is 17.3 Å². The Labute approximate surface area is 103 Å². The molecule has 2 unspecified atom stereocenters. The van der Waals surface area contributed by atoms with Crippen LogP contribution in [0.15, 0.2) is 18.2 Å². The van der Waals surface area contributed by atoms with Crippen LogP contribution in [0.5, 0.6) is 0 Å². The van der Waals surface area contributed by atoms with Crippen LogP contribution in [0.2, 0.25) is 5.02 Å². The van der Waals surface area contributed by atoms with Gasteiger partial charge in [0.15, 0.2) is 0 Å². The zero-order valence-corrected chi connectivity index (χ0v) is 10.8. The summed E-state index contributed by atoms with van der Waals surface area (Å²) in [5.41, 5.74) is 7.41. The molecule has 0 aromatic heterocycles. The molecule has 2 rings (SSSR count). The molecule has 0 bridgehead atoms. The van der Waals surface area contributed by atoms with Crippen LogP contribution in [0.1, 0.15) is 30.7 Å². The van der Waals surface area contributed by atoms with Crippen molar-refractivity contribution in [2.75, 3.05) is 0 Å². The summed E-state index contributed by atoms with van der Waals surface area (Å²) in [6.45, 7) is 0. The summed E-state index contributed by atoms with van der Waals surface area (Å²) in [5.74, 6) is 0.542. The summed E-state index contributed by atoms with van der Waals surface area (Å²) in [4.78, 5) is 0. The lowest BCUT2D eigenvalue weighted by molar-refractivity contribution is 0.613. The largest absolute Gasteiger partial charge is 0.327 e. The summed E-state index contributed by atoms with van der Waals surface area (Å²) in [5, 5.41) is 0.834. The first kappa shape index (κ1) is 10.7. The van der Waals surface area contributed by atoms with E-state index >= 15 is 0 Å². The first-order valence-corrected chi connectivity index (χ1v) is 6.34. The van der Waals surface area contributed by atoms with Crippen LogP contribution < -0.4 is 5.73 Å². The molecular formula is C11H13ClIN. The van der Waals surface area contributed by atoms with Gasteiger partial charge in [-0.2, -0.15) is 0 Å². The lowest BCUT2D eigenvalue weighted by atomic mass is 9.95. The molecule has 1 nitrogen and oxygen atoms in total. The second-order valence-electron chi connectivity index (χ2n) is 3.87.